The number of H-pyrrole nitrogens is 1. The lowest BCUT2D eigenvalue weighted by Crippen LogP contribution is -2.45. The van der Waals surface area contributed by atoms with Crippen molar-refractivity contribution in [3.63, 3.8) is 0 Å². The van der Waals surface area contributed by atoms with Gasteiger partial charge in [-0.25, -0.2) is 0 Å². The van der Waals surface area contributed by atoms with Crippen LogP contribution in [0.25, 0.3) is 10.9 Å². The summed E-state index contributed by atoms with van der Waals surface area (Å²) < 4.78 is 0. The number of hydrogen-bond acceptors (Lipinski definition) is 5. The molecule has 1 aromatic carbocycles. The molecule has 0 aliphatic carbocycles. The number of carbonyl (C=O) groups is 2. The molecule has 3 heterocycles. The number of nitrogens with zero attached hydrogens (tertiary/aromatic N) is 4. The predicted molar refractivity (Wildman–Crippen MR) is 144 cm³/mol. The van der Waals surface area contributed by atoms with Gasteiger partial charge in [-0.2, -0.15) is 0 Å². The van der Waals surface area contributed by atoms with E-state index in [0.29, 0.717) is 12.4 Å². The monoisotopic (exact) mass is 491 g/mol. The number of aliphatic imine (C=N–C) groups is 2. The smallest absolute Gasteiger partial charge is 0.269 e. The molecule has 4 rings (SSSR count). The molecule has 0 radical (unpaired) electrons. The molecule has 2 amide bonds. The number of fused-ring (bicyclic) bond motifs is 3. The van der Waals surface area contributed by atoms with E-state index in [4.69, 9.17) is 0 Å². The van der Waals surface area contributed by atoms with Crippen LogP contribution >= 0.6 is 0 Å². The number of amidine groups is 1. The quantitative estimate of drug-likeness (QED) is 0.228. The van der Waals surface area contributed by atoms with Crippen LogP contribution in [0, 0.1) is 0 Å². The fraction of sp³-hybridized carbons (Fsp3) is 0.481. The summed E-state index contributed by atoms with van der Waals surface area (Å²) >= 11 is 0. The second kappa shape index (κ2) is 12.0. The van der Waals surface area contributed by atoms with Gasteiger partial charge in [-0.3, -0.25) is 24.5 Å². The number of amides is 2. The largest absolute Gasteiger partial charge is 0.367 e. The van der Waals surface area contributed by atoms with E-state index in [0.717, 1.165) is 58.4 Å². The van der Waals surface area contributed by atoms with Gasteiger partial charge in [0.15, 0.2) is 0 Å². The van der Waals surface area contributed by atoms with Gasteiger partial charge in [0.2, 0.25) is 5.91 Å². The SMILES string of the molecule is C=N/C(=C\C(=NC)NC1CCN(C(C)=O)CC1)C(=O)NCCCN1CCc2c([nH]c3ccccc23)C1. The molecule has 1 fully saturated rings. The zero-order valence-electron chi connectivity index (χ0n) is 21.3. The summed E-state index contributed by atoms with van der Waals surface area (Å²) in [5, 5.41) is 7.67. The number of para-hydroxylation sites is 1. The first-order valence-electron chi connectivity index (χ1n) is 12.7. The van der Waals surface area contributed by atoms with Gasteiger partial charge in [0.1, 0.15) is 11.5 Å². The standard InChI is InChI=1S/C27H37N7O2/c1-19(35)34-15-9-20(10-16-34)31-26(29-3)17-24(28-2)27(36)30-12-6-13-33-14-11-22-21-7-4-5-8-23(21)32-25(22)18-33/h4-5,7-8,17,20,32H,2,6,9-16,18H2,1,3H3,(H,29,31)(H,30,36)/b24-17-. The Bertz CT molecular complexity index is 1160. The third kappa shape index (κ3) is 6.20. The maximum Gasteiger partial charge on any atom is 0.269 e. The maximum atomic E-state index is 12.7. The Kier molecular flexibility index (Phi) is 8.53. The van der Waals surface area contributed by atoms with E-state index in [1.807, 2.05) is 4.90 Å². The van der Waals surface area contributed by atoms with Crippen LogP contribution in [0.5, 0.6) is 0 Å². The number of rotatable bonds is 8. The first-order chi connectivity index (χ1) is 17.5. The van der Waals surface area contributed by atoms with Crippen molar-refractivity contribution in [1.82, 2.24) is 25.4 Å². The third-order valence-electron chi connectivity index (χ3n) is 7.11. The minimum atomic E-state index is -0.254. The van der Waals surface area contributed by atoms with Gasteiger partial charge in [0.05, 0.1) is 0 Å². The summed E-state index contributed by atoms with van der Waals surface area (Å²) in [6, 6.07) is 8.68. The summed E-state index contributed by atoms with van der Waals surface area (Å²) in [6.45, 7) is 10.0. The van der Waals surface area contributed by atoms with Crippen LogP contribution in [0.3, 0.4) is 0 Å². The van der Waals surface area contributed by atoms with Crippen molar-refractivity contribution in [2.24, 2.45) is 9.98 Å². The fourth-order valence-corrected chi connectivity index (χ4v) is 5.07. The van der Waals surface area contributed by atoms with E-state index in [2.05, 4.69) is 61.5 Å². The lowest BCUT2D eigenvalue weighted by Gasteiger charge is -2.32. The number of piperidine rings is 1. The highest BCUT2D eigenvalue weighted by molar-refractivity contribution is 6.03. The lowest BCUT2D eigenvalue weighted by atomic mass is 10.0. The van der Waals surface area contributed by atoms with Gasteiger partial charge < -0.3 is 20.5 Å². The van der Waals surface area contributed by atoms with Crippen LogP contribution in [0.15, 0.2) is 46.0 Å². The van der Waals surface area contributed by atoms with Gasteiger partial charge in [-0.1, -0.05) is 18.2 Å². The average Bonchev–Trinajstić information content (AvgIpc) is 3.27. The molecule has 2 aliphatic heterocycles. The van der Waals surface area contributed by atoms with Crippen LogP contribution < -0.4 is 10.6 Å². The van der Waals surface area contributed by atoms with E-state index < -0.39 is 0 Å². The lowest BCUT2D eigenvalue weighted by molar-refractivity contribution is -0.129. The van der Waals surface area contributed by atoms with Crippen molar-refractivity contribution >= 4 is 35.3 Å². The molecule has 2 aromatic rings. The summed E-state index contributed by atoms with van der Waals surface area (Å²) in [6.07, 6.45) is 5.21. The second-order valence-electron chi connectivity index (χ2n) is 9.48. The third-order valence-corrected chi connectivity index (χ3v) is 7.11. The normalized spacial score (nSPS) is 17.7. The second-order valence-corrected chi connectivity index (χ2v) is 9.48. The predicted octanol–water partition coefficient (Wildman–Crippen LogP) is 2.25. The summed E-state index contributed by atoms with van der Waals surface area (Å²) in [7, 11) is 1.68. The van der Waals surface area contributed by atoms with Crippen molar-refractivity contribution < 1.29 is 9.59 Å². The number of hydrogen-bond donors (Lipinski definition) is 3. The molecule has 192 valence electrons. The van der Waals surface area contributed by atoms with E-state index in [-0.39, 0.29) is 23.6 Å². The molecular formula is C27H37N7O2. The topological polar surface area (TPSA) is 105 Å². The number of benzene rings is 1. The van der Waals surface area contributed by atoms with Crippen LogP contribution in [0.1, 0.15) is 37.4 Å². The van der Waals surface area contributed by atoms with Crippen molar-refractivity contribution in [1.29, 1.82) is 0 Å². The minimum absolute atomic E-state index is 0.107. The number of aromatic nitrogens is 1. The first kappa shape index (κ1) is 25.6. The summed E-state index contributed by atoms with van der Waals surface area (Å²) in [5.74, 6) is 0.447. The Morgan fingerprint density at radius 3 is 2.72 bits per heavy atom. The highest BCUT2D eigenvalue weighted by Gasteiger charge is 2.22. The van der Waals surface area contributed by atoms with Gasteiger partial charge in [0, 0.05) is 82.0 Å². The molecule has 0 atom stereocenters. The van der Waals surface area contributed by atoms with Crippen LogP contribution in [-0.2, 0) is 22.6 Å². The van der Waals surface area contributed by atoms with Gasteiger partial charge in [-0.05, 0) is 44.0 Å². The molecule has 3 N–H and O–H groups in total. The Hall–Kier alpha value is -3.46. The Morgan fingerprint density at radius 1 is 1.22 bits per heavy atom. The molecule has 9 nitrogen and oxygen atoms in total. The van der Waals surface area contributed by atoms with E-state index in [1.165, 1.54) is 22.2 Å². The molecular weight excluding hydrogens is 454 g/mol. The first-order valence-corrected chi connectivity index (χ1v) is 12.7. The summed E-state index contributed by atoms with van der Waals surface area (Å²) in [5.41, 5.74) is 4.19. The van der Waals surface area contributed by atoms with Gasteiger partial charge in [-0.15, -0.1) is 0 Å². The van der Waals surface area contributed by atoms with E-state index in [1.54, 1.807) is 20.0 Å². The molecule has 0 bridgehead atoms. The fourth-order valence-electron chi connectivity index (χ4n) is 5.07. The van der Waals surface area contributed by atoms with E-state index >= 15 is 0 Å². The zero-order chi connectivity index (χ0) is 25.5. The van der Waals surface area contributed by atoms with Crippen LogP contribution in [-0.4, -0.2) is 85.0 Å². The molecule has 1 saturated heterocycles. The van der Waals surface area contributed by atoms with Crippen LogP contribution in [0.4, 0.5) is 0 Å². The number of carbonyl (C=O) groups excluding carboxylic acids is 2. The van der Waals surface area contributed by atoms with Crippen molar-refractivity contribution in [3.8, 4) is 0 Å². The highest BCUT2D eigenvalue weighted by atomic mass is 16.2. The van der Waals surface area contributed by atoms with Crippen molar-refractivity contribution in [3.05, 3.63) is 47.3 Å². The molecule has 0 spiro atoms. The van der Waals surface area contributed by atoms with Crippen molar-refractivity contribution in [2.75, 3.05) is 39.8 Å². The Labute approximate surface area is 212 Å². The average molecular weight is 492 g/mol. The molecule has 9 heteroatoms. The number of nitrogens with one attached hydrogen (secondary N) is 3. The molecule has 2 aliphatic rings. The number of likely N-dealkylation sites (tertiary alicyclic amines) is 1. The van der Waals surface area contributed by atoms with E-state index in [9.17, 15) is 9.59 Å². The number of aromatic amines is 1. The summed E-state index contributed by atoms with van der Waals surface area (Å²) in [4.78, 5) is 40.3. The molecule has 0 unspecified atom stereocenters. The molecule has 36 heavy (non-hydrogen) atoms. The highest BCUT2D eigenvalue weighted by Crippen LogP contribution is 2.27. The van der Waals surface area contributed by atoms with Crippen LogP contribution in [0.2, 0.25) is 0 Å². The van der Waals surface area contributed by atoms with Gasteiger partial charge in [0.25, 0.3) is 5.91 Å². The minimum Gasteiger partial charge on any atom is -0.367 e. The molecule has 1 aromatic heterocycles. The molecule has 0 saturated carbocycles. The Morgan fingerprint density at radius 2 is 2.00 bits per heavy atom. The maximum absolute atomic E-state index is 12.7. The Balaban J connectivity index is 1.22. The van der Waals surface area contributed by atoms with Gasteiger partial charge >= 0.3 is 0 Å². The zero-order valence-corrected chi connectivity index (χ0v) is 21.3. The van der Waals surface area contributed by atoms with Crippen molar-refractivity contribution in [2.45, 2.75) is 45.2 Å².